The average molecular weight is 278 g/mol. The van der Waals surface area contributed by atoms with Gasteiger partial charge in [0.15, 0.2) is 0 Å². The third-order valence-electron chi connectivity index (χ3n) is 3.89. The van der Waals surface area contributed by atoms with Crippen LogP contribution in [0.5, 0.6) is 0 Å². The smallest absolute Gasteiger partial charge is 0.143 e. The molecule has 0 bridgehead atoms. The molecule has 20 heavy (non-hydrogen) atoms. The lowest BCUT2D eigenvalue weighted by Gasteiger charge is -2.19. The van der Waals surface area contributed by atoms with E-state index in [-0.39, 0.29) is 5.92 Å². The van der Waals surface area contributed by atoms with Crippen molar-refractivity contribution in [2.75, 3.05) is 13.7 Å². The summed E-state index contributed by atoms with van der Waals surface area (Å²) in [6.07, 6.45) is 13.7. The Morgan fingerprint density at radius 3 is 2.85 bits per heavy atom. The van der Waals surface area contributed by atoms with Crippen molar-refractivity contribution in [3.05, 3.63) is 23.8 Å². The predicted molar refractivity (Wildman–Crippen MR) is 84.8 cm³/mol. The number of unbranched alkanes of at least 4 members (excludes halogenated alkanes) is 2. The maximum Gasteiger partial charge on any atom is 0.143 e. The van der Waals surface area contributed by atoms with Gasteiger partial charge in [0, 0.05) is 20.1 Å². The van der Waals surface area contributed by atoms with Crippen LogP contribution in [0.2, 0.25) is 0 Å². The van der Waals surface area contributed by atoms with Crippen LogP contribution >= 0.6 is 0 Å². The summed E-state index contributed by atoms with van der Waals surface area (Å²) in [5.74, 6) is 1.17. The Morgan fingerprint density at radius 2 is 2.15 bits per heavy atom. The van der Waals surface area contributed by atoms with E-state index in [1.165, 1.54) is 24.8 Å². The standard InChI is InChI=1S/C18H30O2/c1-15(2)9-5-4-6-12-18(19)17-11-8-7-10-16(17)13-14-20-3/h8,10-11,15,17H,4-7,9,12-14H2,1-3H3. The Balaban J connectivity index is 2.31. The zero-order valence-corrected chi connectivity index (χ0v) is 13.4. The molecule has 1 rings (SSSR count). The van der Waals surface area contributed by atoms with Crippen molar-refractivity contribution in [2.45, 2.75) is 58.8 Å². The van der Waals surface area contributed by atoms with E-state index in [1.54, 1.807) is 7.11 Å². The van der Waals surface area contributed by atoms with E-state index in [4.69, 9.17) is 4.74 Å². The fraction of sp³-hybridized carbons (Fsp3) is 0.722. The van der Waals surface area contributed by atoms with Gasteiger partial charge >= 0.3 is 0 Å². The molecule has 0 heterocycles. The first-order valence-electron chi connectivity index (χ1n) is 8.02. The van der Waals surface area contributed by atoms with Gasteiger partial charge in [-0.3, -0.25) is 4.79 Å². The highest BCUT2D eigenvalue weighted by Gasteiger charge is 2.20. The highest BCUT2D eigenvalue weighted by Crippen LogP contribution is 2.25. The molecule has 0 aromatic heterocycles. The normalized spacial score (nSPS) is 18.4. The molecular weight excluding hydrogens is 248 g/mol. The highest BCUT2D eigenvalue weighted by molar-refractivity contribution is 5.85. The van der Waals surface area contributed by atoms with Gasteiger partial charge in [0.25, 0.3) is 0 Å². The second-order valence-corrected chi connectivity index (χ2v) is 6.12. The number of methoxy groups -OCH3 is 1. The molecule has 2 heteroatoms. The summed E-state index contributed by atoms with van der Waals surface area (Å²) in [6.45, 7) is 5.22. The van der Waals surface area contributed by atoms with E-state index < -0.39 is 0 Å². The average Bonchev–Trinajstić information content (AvgIpc) is 2.44. The molecule has 0 saturated heterocycles. The predicted octanol–water partition coefficient (Wildman–Crippen LogP) is 4.70. The Morgan fingerprint density at radius 1 is 1.35 bits per heavy atom. The van der Waals surface area contributed by atoms with Crippen LogP contribution < -0.4 is 0 Å². The van der Waals surface area contributed by atoms with Crippen molar-refractivity contribution in [3.63, 3.8) is 0 Å². The van der Waals surface area contributed by atoms with Crippen LogP contribution in [0.25, 0.3) is 0 Å². The second kappa shape index (κ2) is 9.93. The Kier molecular flexibility index (Phi) is 8.52. The molecule has 1 aliphatic rings. The second-order valence-electron chi connectivity index (χ2n) is 6.12. The molecule has 114 valence electrons. The van der Waals surface area contributed by atoms with E-state index in [2.05, 4.69) is 32.1 Å². The van der Waals surface area contributed by atoms with Crippen molar-refractivity contribution < 1.29 is 9.53 Å². The molecule has 0 saturated carbocycles. The molecule has 0 spiro atoms. The summed E-state index contributed by atoms with van der Waals surface area (Å²) in [4.78, 5) is 12.3. The number of ether oxygens (including phenoxy) is 1. The molecule has 1 aliphatic carbocycles. The van der Waals surface area contributed by atoms with Crippen LogP contribution in [0.1, 0.15) is 58.8 Å². The number of carbonyl (C=O) groups excluding carboxylic acids is 1. The summed E-state index contributed by atoms with van der Waals surface area (Å²) in [5, 5.41) is 0. The first-order chi connectivity index (χ1) is 9.65. The van der Waals surface area contributed by atoms with Crippen LogP contribution in [0, 0.1) is 11.8 Å². The lowest BCUT2D eigenvalue weighted by molar-refractivity contribution is -0.120. The maximum absolute atomic E-state index is 12.3. The molecule has 0 aliphatic heterocycles. The van der Waals surface area contributed by atoms with Crippen LogP contribution in [0.3, 0.4) is 0 Å². The van der Waals surface area contributed by atoms with Gasteiger partial charge in [-0.2, -0.15) is 0 Å². The van der Waals surface area contributed by atoms with Gasteiger partial charge in [-0.15, -0.1) is 0 Å². The lowest BCUT2D eigenvalue weighted by atomic mass is 9.86. The number of allylic oxidation sites excluding steroid dienone is 3. The number of carbonyl (C=O) groups is 1. The first-order valence-corrected chi connectivity index (χ1v) is 8.02. The minimum atomic E-state index is 0.0176. The van der Waals surface area contributed by atoms with Crippen LogP contribution in [0.15, 0.2) is 23.8 Å². The fourth-order valence-corrected chi connectivity index (χ4v) is 2.66. The van der Waals surface area contributed by atoms with Gasteiger partial charge in [0.1, 0.15) is 5.78 Å². The molecule has 0 aromatic carbocycles. The fourth-order valence-electron chi connectivity index (χ4n) is 2.66. The van der Waals surface area contributed by atoms with Crippen molar-refractivity contribution in [1.82, 2.24) is 0 Å². The first kappa shape index (κ1) is 17.2. The van der Waals surface area contributed by atoms with Crippen LogP contribution in [-0.2, 0) is 9.53 Å². The molecule has 1 unspecified atom stereocenters. The van der Waals surface area contributed by atoms with Gasteiger partial charge < -0.3 is 4.74 Å². The minimum absolute atomic E-state index is 0.0176. The van der Waals surface area contributed by atoms with E-state index in [0.29, 0.717) is 12.4 Å². The number of rotatable bonds is 10. The van der Waals surface area contributed by atoms with Crippen LogP contribution in [-0.4, -0.2) is 19.5 Å². The van der Waals surface area contributed by atoms with Crippen molar-refractivity contribution in [3.8, 4) is 0 Å². The number of Topliss-reactive ketones (excluding diaryl/α,β-unsaturated/α-hetero) is 1. The molecule has 0 N–H and O–H groups in total. The van der Waals surface area contributed by atoms with Gasteiger partial charge in [-0.1, -0.05) is 56.9 Å². The number of hydrogen-bond donors (Lipinski definition) is 0. The molecule has 1 atom stereocenters. The number of ketones is 1. The summed E-state index contributed by atoms with van der Waals surface area (Å²) < 4.78 is 5.13. The molecule has 0 fully saturated rings. The monoisotopic (exact) mass is 278 g/mol. The molecule has 2 nitrogen and oxygen atoms in total. The van der Waals surface area contributed by atoms with E-state index in [0.717, 1.165) is 31.6 Å². The topological polar surface area (TPSA) is 26.3 Å². The SMILES string of the molecule is COCCC1=CCC=CC1C(=O)CCCCCC(C)C. The van der Waals surface area contributed by atoms with E-state index in [9.17, 15) is 4.79 Å². The molecule has 0 aromatic rings. The van der Waals surface area contributed by atoms with Crippen molar-refractivity contribution in [1.29, 1.82) is 0 Å². The van der Waals surface area contributed by atoms with E-state index in [1.807, 2.05) is 0 Å². The third-order valence-corrected chi connectivity index (χ3v) is 3.89. The molecule has 0 amide bonds. The highest BCUT2D eigenvalue weighted by atomic mass is 16.5. The maximum atomic E-state index is 12.3. The Bertz CT molecular complexity index is 339. The Hall–Kier alpha value is -0.890. The van der Waals surface area contributed by atoms with Gasteiger partial charge in [-0.05, 0) is 25.2 Å². The molecule has 0 radical (unpaired) electrons. The minimum Gasteiger partial charge on any atom is -0.384 e. The zero-order chi connectivity index (χ0) is 14.8. The van der Waals surface area contributed by atoms with E-state index >= 15 is 0 Å². The van der Waals surface area contributed by atoms with Gasteiger partial charge in [0.2, 0.25) is 0 Å². The largest absolute Gasteiger partial charge is 0.384 e. The molecular formula is C18H30O2. The summed E-state index contributed by atoms with van der Waals surface area (Å²) in [7, 11) is 1.71. The van der Waals surface area contributed by atoms with Crippen LogP contribution in [0.4, 0.5) is 0 Å². The van der Waals surface area contributed by atoms with Gasteiger partial charge in [0.05, 0.1) is 5.92 Å². The quantitative estimate of drug-likeness (QED) is 0.427. The Labute approximate surface area is 124 Å². The zero-order valence-electron chi connectivity index (χ0n) is 13.4. The third kappa shape index (κ3) is 6.51. The number of hydrogen-bond acceptors (Lipinski definition) is 2. The summed E-state index contributed by atoms with van der Waals surface area (Å²) >= 11 is 0. The summed E-state index contributed by atoms with van der Waals surface area (Å²) in [5.41, 5.74) is 1.25. The van der Waals surface area contributed by atoms with Crippen molar-refractivity contribution in [2.24, 2.45) is 11.8 Å². The lowest BCUT2D eigenvalue weighted by Crippen LogP contribution is -2.17. The van der Waals surface area contributed by atoms with Crippen molar-refractivity contribution >= 4 is 5.78 Å². The summed E-state index contributed by atoms with van der Waals surface area (Å²) in [6, 6.07) is 0. The van der Waals surface area contributed by atoms with Gasteiger partial charge in [-0.25, -0.2) is 0 Å².